The molecule has 1 N–H and O–H groups in total. The monoisotopic (exact) mass is 506 g/mol. The fraction of sp³-hybridized carbons (Fsp3) is 0.160. The van der Waals surface area contributed by atoms with Crippen molar-refractivity contribution in [2.75, 3.05) is 5.32 Å². The zero-order valence-corrected chi connectivity index (χ0v) is 20.3. The van der Waals surface area contributed by atoms with Gasteiger partial charge in [0.15, 0.2) is 5.16 Å². The molecule has 0 spiro atoms. The molecule has 162 valence electrons. The van der Waals surface area contributed by atoms with Crippen LogP contribution >= 0.6 is 27.7 Å². The molecule has 0 atom stereocenters. The maximum atomic E-state index is 12.7. The van der Waals surface area contributed by atoms with E-state index in [0.29, 0.717) is 17.7 Å². The molecule has 32 heavy (non-hydrogen) atoms. The van der Waals surface area contributed by atoms with E-state index in [2.05, 4.69) is 62.5 Å². The number of carbonyl (C=O) groups excluding carboxylic acids is 1. The predicted molar refractivity (Wildman–Crippen MR) is 132 cm³/mol. The van der Waals surface area contributed by atoms with Gasteiger partial charge in [-0.05, 0) is 64.8 Å². The molecule has 5 nitrogen and oxygen atoms in total. The first-order valence-corrected chi connectivity index (χ1v) is 11.9. The van der Waals surface area contributed by atoms with Crippen LogP contribution in [0.3, 0.4) is 0 Å². The summed E-state index contributed by atoms with van der Waals surface area (Å²) in [6.45, 7) is 4.72. The number of carbonyl (C=O) groups is 1. The summed E-state index contributed by atoms with van der Waals surface area (Å²) in [5.41, 5.74) is 5.29. The molecule has 0 aliphatic rings. The van der Waals surface area contributed by atoms with Crippen LogP contribution in [-0.2, 0) is 17.8 Å². The summed E-state index contributed by atoms with van der Waals surface area (Å²) < 4.78 is 2.40. The van der Waals surface area contributed by atoms with Crippen molar-refractivity contribution in [3.05, 3.63) is 99.8 Å². The Morgan fingerprint density at radius 1 is 0.938 bits per heavy atom. The molecule has 0 aliphatic carbocycles. The molecule has 7 heteroatoms. The number of aromatic nitrogens is 3. The van der Waals surface area contributed by atoms with Gasteiger partial charge in [-0.2, -0.15) is 4.98 Å². The van der Waals surface area contributed by atoms with Crippen molar-refractivity contribution in [3.63, 3.8) is 0 Å². The molecular formula is C25H23BrN4OS. The van der Waals surface area contributed by atoms with Crippen molar-refractivity contribution >= 4 is 39.3 Å². The second kappa shape index (κ2) is 10.1. The highest BCUT2D eigenvalue weighted by Gasteiger charge is 2.14. The van der Waals surface area contributed by atoms with E-state index in [1.54, 1.807) is 0 Å². The summed E-state index contributed by atoms with van der Waals surface area (Å²) in [5, 5.41) is 8.29. The molecule has 4 rings (SSSR count). The van der Waals surface area contributed by atoms with Gasteiger partial charge in [0.2, 0.25) is 10.6 Å². The minimum atomic E-state index is -0.0517. The van der Waals surface area contributed by atoms with Crippen LogP contribution in [0.5, 0.6) is 0 Å². The molecule has 0 fully saturated rings. The molecule has 0 bridgehead atoms. The molecule has 1 aromatic heterocycles. The number of hydrogen-bond donors (Lipinski definition) is 1. The maximum Gasteiger partial charge on any atom is 0.228 e. The van der Waals surface area contributed by atoms with E-state index in [4.69, 9.17) is 0 Å². The number of hydrogen-bond acceptors (Lipinski definition) is 4. The molecule has 4 aromatic rings. The summed E-state index contributed by atoms with van der Waals surface area (Å²) in [6.07, 6.45) is 0.328. The fourth-order valence-corrected chi connectivity index (χ4v) is 4.58. The van der Waals surface area contributed by atoms with Crippen LogP contribution in [0.15, 0.2) is 87.6 Å². The Morgan fingerprint density at radius 3 is 2.25 bits per heavy atom. The van der Waals surface area contributed by atoms with E-state index in [9.17, 15) is 4.79 Å². The van der Waals surface area contributed by atoms with Gasteiger partial charge in [-0.15, -0.1) is 5.10 Å². The normalized spacial score (nSPS) is 10.8. The highest BCUT2D eigenvalue weighted by Crippen LogP contribution is 2.33. The lowest BCUT2D eigenvalue weighted by molar-refractivity contribution is -0.115. The van der Waals surface area contributed by atoms with Crippen LogP contribution in [0.25, 0.3) is 0 Å². The number of rotatable bonds is 7. The zero-order valence-electron chi connectivity index (χ0n) is 17.9. The molecule has 1 amide bonds. The number of nitrogens with zero attached hydrogens (tertiary/aromatic N) is 3. The smallest absolute Gasteiger partial charge is 0.228 e. The third-order valence-electron chi connectivity index (χ3n) is 4.91. The van der Waals surface area contributed by atoms with Crippen molar-refractivity contribution in [2.24, 2.45) is 0 Å². The number of amides is 1. The largest absolute Gasteiger partial charge is 0.325 e. The second-order valence-electron chi connectivity index (χ2n) is 7.62. The van der Waals surface area contributed by atoms with Crippen LogP contribution in [0.1, 0.15) is 22.3 Å². The van der Waals surface area contributed by atoms with Crippen LogP contribution < -0.4 is 5.32 Å². The number of nitrogens with one attached hydrogen (secondary N) is 1. The Balaban J connectivity index is 1.50. The van der Waals surface area contributed by atoms with Crippen LogP contribution in [-0.4, -0.2) is 20.7 Å². The molecule has 0 radical (unpaired) electrons. The van der Waals surface area contributed by atoms with Gasteiger partial charge in [0, 0.05) is 4.90 Å². The lowest BCUT2D eigenvalue weighted by Crippen LogP contribution is -2.15. The quantitative estimate of drug-likeness (QED) is 0.332. The van der Waals surface area contributed by atoms with E-state index in [1.165, 1.54) is 22.9 Å². The number of anilines is 1. The van der Waals surface area contributed by atoms with Gasteiger partial charge in [0.05, 0.1) is 18.7 Å². The zero-order chi connectivity index (χ0) is 22.5. The Morgan fingerprint density at radius 2 is 1.56 bits per heavy atom. The average molecular weight is 507 g/mol. The first-order valence-electron chi connectivity index (χ1n) is 10.2. The van der Waals surface area contributed by atoms with E-state index in [0.717, 1.165) is 26.9 Å². The van der Waals surface area contributed by atoms with Gasteiger partial charge in [-0.25, -0.2) is 4.68 Å². The number of benzene rings is 3. The number of aryl methyl sites for hydroxylation is 2. The van der Waals surface area contributed by atoms with E-state index in [1.807, 2.05) is 60.1 Å². The molecule has 1 heterocycles. The topological polar surface area (TPSA) is 59.8 Å². The minimum Gasteiger partial charge on any atom is -0.325 e. The van der Waals surface area contributed by atoms with Gasteiger partial charge in [-0.3, -0.25) is 4.79 Å². The summed E-state index contributed by atoms with van der Waals surface area (Å²) in [6, 6.07) is 24.1. The summed E-state index contributed by atoms with van der Waals surface area (Å²) in [5.74, 6) is -0.0517. The second-order valence-corrected chi connectivity index (χ2v) is 9.33. The highest BCUT2D eigenvalue weighted by molar-refractivity contribution is 9.10. The van der Waals surface area contributed by atoms with E-state index in [-0.39, 0.29) is 5.91 Å². The predicted octanol–water partition coefficient (Wildman–Crippen LogP) is 6.04. The standard InChI is InChI=1S/C25H23BrN4OS/c1-17-7-11-19(12-8-17)15-23(31)27-21-5-3-4-6-22(21)32-25-28-24(26)29-30(25)16-20-13-9-18(2)10-14-20/h3-14H,15-16H2,1-2H3,(H,27,31). The number of para-hydroxylation sites is 1. The third kappa shape index (κ3) is 5.87. The van der Waals surface area contributed by atoms with Gasteiger partial charge < -0.3 is 5.32 Å². The van der Waals surface area contributed by atoms with Crippen LogP contribution in [0.2, 0.25) is 0 Å². The van der Waals surface area contributed by atoms with Gasteiger partial charge in [0.1, 0.15) is 0 Å². The molecule has 0 aliphatic heterocycles. The Bertz CT molecular complexity index is 1220. The first-order chi connectivity index (χ1) is 15.5. The lowest BCUT2D eigenvalue weighted by Gasteiger charge is -2.11. The SMILES string of the molecule is Cc1ccc(CC(=O)Nc2ccccc2Sc2nc(Br)nn2Cc2ccc(C)cc2)cc1. The van der Waals surface area contributed by atoms with Gasteiger partial charge in [-0.1, -0.05) is 71.8 Å². The summed E-state index contributed by atoms with van der Waals surface area (Å²) in [7, 11) is 0. The van der Waals surface area contributed by atoms with Crippen molar-refractivity contribution in [3.8, 4) is 0 Å². The van der Waals surface area contributed by atoms with E-state index < -0.39 is 0 Å². The summed E-state index contributed by atoms with van der Waals surface area (Å²) >= 11 is 4.88. The van der Waals surface area contributed by atoms with Crippen molar-refractivity contribution in [1.82, 2.24) is 14.8 Å². The molecule has 3 aromatic carbocycles. The highest BCUT2D eigenvalue weighted by atomic mass is 79.9. The van der Waals surface area contributed by atoms with E-state index >= 15 is 0 Å². The third-order valence-corrected chi connectivity index (χ3v) is 6.31. The molecule has 0 unspecified atom stereocenters. The Hall–Kier alpha value is -2.90. The molecule has 0 saturated carbocycles. The van der Waals surface area contributed by atoms with Crippen molar-refractivity contribution in [1.29, 1.82) is 0 Å². The summed E-state index contributed by atoms with van der Waals surface area (Å²) in [4.78, 5) is 18.1. The van der Waals surface area contributed by atoms with Crippen LogP contribution in [0.4, 0.5) is 5.69 Å². The number of halogens is 1. The minimum absolute atomic E-state index is 0.0517. The molecular weight excluding hydrogens is 484 g/mol. The van der Waals surface area contributed by atoms with Gasteiger partial charge in [0.25, 0.3) is 0 Å². The van der Waals surface area contributed by atoms with Crippen LogP contribution in [0, 0.1) is 13.8 Å². The average Bonchev–Trinajstić information content (AvgIpc) is 3.11. The maximum absolute atomic E-state index is 12.7. The lowest BCUT2D eigenvalue weighted by atomic mass is 10.1. The first kappa shape index (κ1) is 22.3. The Kier molecular flexibility index (Phi) is 7.07. The molecule has 0 saturated heterocycles. The van der Waals surface area contributed by atoms with Crippen molar-refractivity contribution in [2.45, 2.75) is 36.9 Å². The van der Waals surface area contributed by atoms with Gasteiger partial charge >= 0.3 is 0 Å². The fourth-order valence-electron chi connectivity index (χ4n) is 3.19. The Labute approximate surface area is 200 Å². The van der Waals surface area contributed by atoms with Crippen molar-refractivity contribution < 1.29 is 4.79 Å².